The summed E-state index contributed by atoms with van der Waals surface area (Å²) in [5, 5.41) is 3.12. The predicted molar refractivity (Wildman–Crippen MR) is 105 cm³/mol. The average molecular weight is 363 g/mol. The van der Waals surface area contributed by atoms with Crippen LogP contribution in [-0.4, -0.2) is 50.2 Å². The van der Waals surface area contributed by atoms with Gasteiger partial charge in [-0.1, -0.05) is 13.0 Å². The Kier molecular flexibility index (Phi) is 7.33. The number of nitrogens with one attached hydrogen (secondary N) is 1. The fourth-order valence-electron chi connectivity index (χ4n) is 3.55. The van der Waals surface area contributed by atoms with Crippen LogP contribution in [0.15, 0.2) is 18.2 Å². The Balaban J connectivity index is 1.81. The highest BCUT2D eigenvalue weighted by Gasteiger charge is 2.30. The summed E-state index contributed by atoms with van der Waals surface area (Å²) in [5.74, 6) is 2.24. The third-order valence-electron chi connectivity index (χ3n) is 5.32. The Bertz CT molecular complexity index is 601. The van der Waals surface area contributed by atoms with Gasteiger partial charge in [-0.3, -0.25) is 9.69 Å². The van der Waals surface area contributed by atoms with Crippen LogP contribution in [0.2, 0.25) is 0 Å². The number of amides is 1. The van der Waals surface area contributed by atoms with Crippen LogP contribution in [-0.2, 0) is 11.2 Å². The Morgan fingerprint density at radius 2 is 2.00 bits per heavy atom. The fraction of sp³-hybridized carbons (Fsp3) is 0.667. The standard InChI is InChI=1S/C21H34N2O3/c1-16-7-6-12-23(14-16)21(2,3)15-22-20(24)11-9-17-8-10-18(25-4)19(13-17)26-5/h8,10,13,16H,6-7,9,11-12,14-15H2,1-5H3,(H,22,24). The number of hydrogen-bond acceptors (Lipinski definition) is 4. The first-order valence-electron chi connectivity index (χ1n) is 9.58. The van der Waals surface area contributed by atoms with E-state index in [1.807, 2.05) is 18.2 Å². The van der Waals surface area contributed by atoms with Crippen LogP contribution in [0.25, 0.3) is 0 Å². The van der Waals surface area contributed by atoms with Crippen LogP contribution >= 0.6 is 0 Å². The molecule has 0 radical (unpaired) electrons. The molecule has 0 saturated carbocycles. The highest BCUT2D eigenvalue weighted by molar-refractivity contribution is 5.76. The van der Waals surface area contributed by atoms with Gasteiger partial charge in [-0.2, -0.15) is 0 Å². The topological polar surface area (TPSA) is 50.8 Å². The molecule has 0 aromatic heterocycles. The molecule has 1 aromatic rings. The van der Waals surface area contributed by atoms with Crippen LogP contribution in [0.4, 0.5) is 0 Å². The number of hydrogen-bond donors (Lipinski definition) is 1. The van der Waals surface area contributed by atoms with Crippen molar-refractivity contribution in [3.63, 3.8) is 0 Å². The Hall–Kier alpha value is -1.75. The summed E-state index contributed by atoms with van der Waals surface area (Å²) in [6, 6.07) is 5.80. The number of carbonyl (C=O) groups excluding carboxylic acids is 1. The third kappa shape index (κ3) is 5.63. The first-order chi connectivity index (χ1) is 12.4. The van der Waals surface area contributed by atoms with Crippen LogP contribution < -0.4 is 14.8 Å². The van der Waals surface area contributed by atoms with Crippen molar-refractivity contribution in [2.45, 2.75) is 52.0 Å². The van der Waals surface area contributed by atoms with Gasteiger partial charge in [-0.15, -0.1) is 0 Å². The SMILES string of the molecule is COc1ccc(CCC(=O)NCC(C)(C)N2CCCC(C)C2)cc1OC. The highest BCUT2D eigenvalue weighted by Crippen LogP contribution is 2.28. The molecule has 26 heavy (non-hydrogen) atoms. The van der Waals surface area contributed by atoms with Crippen molar-refractivity contribution in [3.8, 4) is 11.5 Å². The molecular formula is C21H34N2O3. The number of nitrogens with zero attached hydrogens (tertiary/aromatic N) is 1. The smallest absolute Gasteiger partial charge is 0.220 e. The highest BCUT2D eigenvalue weighted by atomic mass is 16.5. The van der Waals surface area contributed by atoms with Gasteiger partial charge in [0.05, 0.1) is 14.2 Å². The van der Waals surface area contributed by atoms with E-state index in [1.165, 1.54) is 12.8 Å². The van der Waals surface area contributed by atoms with E-state index in [1.54, 1.807) is 14.2 Å². The van der Waals surface area contributed by atoms with E-state index in [2.05, 4.69) is 31.0 Å². The molecule has 0 aliphatic carbocycles. The van der Waals surface area contributed by atoms with Crippen molar-refractivity contribution in [1.29, 1.82) is 0 Å². The van der Waals surface area contributed by atoms with Crippen molar-refractivity contribution in [1.82, 2.24) is 10.2 Å². The van der Waals surface area contributed by atoms with Gasteiger partial charge in [0.25, 0.3) is 0 Å². The molecule has 1 aromatic carbocycles. The summed E-state index contributed by atoms with van der Waals surface area (Å²) in [5.41, 5.74) is 1.06. The second-order valence-electron chi connectivity index (χ2n) is 7.97. The number of carbonyl (C=O) groups is 1. The Morgan fingerprint density at radius 1 is 1.27 bits per heavy atom. The lowest BCUT2D eigenvalue weighted by Crippen LogP contribution is -2.54. The summed E-state index contributed by atoms with van der Waals surface area (Å²) < 4.78 is 10.6. The van der Waals surface area contributed by atoms with Gasteiger partial charge in [-0.05, 0) is 63.3 Å². The lowest BCUT2D eigenvalue weighted by atomic mass is 9.93. The molecule has 5 heteroatoms. The molecule has 0 bridgehead atoms. The van der Waals surface area contributed by atoms with Gasteiger partial charge in [0.15, 0.2) is 11.5 Å². The summed E-state index contributed by atoms with van der Waals surface area (Å²) in [6.07, 6.45) is 3.72. The van der Waals surface area contributed by atoms with Crippen LogP contribution in [0.5, 0.6) is 11.5 Å². The quantitative estimate of drug-likeness (QED) is 0.771. The monoisotopic (exact) mass is 362 g/mol. The molecule has 5 nitrogen and oxygen atoms in total. The minimum absolute atomic E-state index is 0.00628. The summed E-state index contributed by atoms with van der Waals surface area (Å²) in [4.78, 5) is 14.8. The number of methoxy groups -OCH3 is 2. The number of aryl methyl sites for hydroxylation is 1. The normalized spacial score (nSPS) is 18.4. The van der Waals surface area contributed by atoms with Gasteiger partial charge < -0.3 is 14.8 Å². The second-order valence-corrected chi connectivity index (χ2v) is 7.97. The molecule has 1 unspecified atom stereocenters. The lowest BCUT2D eigenvalue weighted by molar-refractivity contribution is -0.121. The maximum absolute atomic E-state index is 12.3. The van der Waals surface area contributed by atoms with Gasteiger partial charge in [0, 0.05) is 25.0 Å². The van der Waals surface area contributed by atoms with Gasteiger partial charge in [0.1, 0.15) is 0 Å². The molecule has 1 N–H and O–H groups in total. The maximum Gasteiger partial charge on any atom is 0.220 e. The van der Waals surface area contributed by atoms with Crippen LogP contribution in [0.1, 0.15) is 45.6 Å². The first kappa shape index (κ1) is 20.6. The first-order valence-corrected chi connectivity index (χ1v) is 9.58. The second kappa shape index (κ2) is 9.26. The van der Waals surface area contributed by atoms with E-state index < -0.39 is 0 Å². The summed E-state index contributed by atoms with van der Waals surface area (Å²) in [6.45, 7) is 9.68. The molecule has 0 spiro atoms. The zero-order valence-corrected chi connectivity index (χ0v) is 16.9. The van der Waals surface area contributed by atoms with E-state index in [0.717, 1.165) is 24.6 Å². The number of likely N-dealkylation sites (tertiary alicyclic amines) is 1. The maximum atomic E-state index is 12.3. The van der Waals surface area contributed by atoms with Crippen molar-refractivity contribution in [2.75, 3.05) is 33.9 Å². The largest absolute Gasteiger partial charge is 0.493 e. The number of ether oxygens (including phenoxy) is 2. The van der Waals surface area contributed by atoms with E-state index >= 15 is 0 Å². The average Bonchev–Trinajstić information content (AvgIpc) is 2.64. The van der Waals surface area contributed by atoms with E-state index in [9.17, 15) is 4.79 Å². The number of rotatable bonds is 8. The molecule has 2 rings (SSSR count). The Labute approximate surface area is 158 Å². The third-order valence-corrected chi connectivity index (χ3v) is 5.32. The van der Waals surface area contributed by atoms with Crippen molar-refractivity contribution in [3.05, 3.63) is 23.8 Å². The summed E-state index contributed by atoms with van der Waals surface area (Å²) >= 11 is 0. The molecule has 1 aliphatic rings. The number of benzene rings is 1. The lowest BCUT2D eigenvalue weighted by Gasteiger charge is -2.43. The van der Waals surface area contributed by atoms with E-state index in [-0.39, 0.29) is 11.4 Å². The van der Waals surface area contributed by atoms with Crippen molar-refractivity contribution < 1.29 is 14.3 Å². The van der Waals surface area contributed by atoms with E-state index in [4.69, 9.17) is 9.47 Å². The van der Waals surface area contributed by atoms with Gasteiger partial charge in [0.2, 0.25) is 5.91 Å². The molecule has 1 atom stereocenters. The predicted octanol–water partition coefficient (Wildman–Crippen LogP) is 3.26. The summed E-state index contributed by atoms with van der Waals surface area (Å²) in [7, 11) is 3.24. The molecule has 1 fully saturated rings. The van der Waals surface area contributed by atoms with Crippen LogP contribution in [0.3, 0.4) is 0 Å². The minimum atomic E-state index is -0.00628. The molecule has 1 aliphatic heterocycles. The zero-order valence-electron chi connectivity index (χ0n) is 16.9. The molecule has 1 amide bonds. The fourth-order valence-corrected chi connectivity index (χ4v) is 3.55. The molecular weight excluding hydrogens is 328 g/mol. The Morgan fingerprint density at radius 3 is 2.65 bits per heavy atom. The number of piperidine rings is 1. The van der Waals surface area contributed by atoms with Crippen molar-refractivity contribution >= 4 is 5.91 Å². The molecule has 1 heterocycles. The zero-order chi connectivity index (χ0) is 19.2. The minimum Gasteiger partial charge on any atom is -0.493 e. The molecule has 146 valence electrons. The van der Waals surface area contributed by atoms with E-state index in [0.29, 0.717) is 30.9 Å². The van der Waals surface area contributed by atoms with Gasteiger partial charge in [-0.25, -0.2) is 0 Å². The van der Waals surface area contributed by atoms with Crippen molar-refractivity contribution in [2.24, 2.45) is 5.92 Å². The van der Waals surface area contributed by atoms with Crippen LogP contribution in [0, 0.1) is 5.92 Å². The molecule has 1 saturated heterocycles. The van der Waals surface area contributed by atoms with Gasteiger partial charge >= 0.3 is 0 Å².